The molecule has 8 heteroatoms. The third-order valence-electron chi connectivity index (χ3n) is 6.34. The summed E-state index contributed by atoms with van der Waals surface area (Å²) < 4.78 is 13.9. The molecule has 1 aromatic heterocycles. The molecule has 1 fully saturated rings. The Balaban J connectivity index is 0.000000149. The molecule has 0 radical (unpaired) electrons. The average Bonchev–Trinajstić information content (AvgIpc) is 3.44. The minimum absolute atomic E-state index is 0.0894. The first-order chi connectivity index (χ1) is 13.8. The van der Waals surface area contributed by atoms with E-state index in [1.807, 2.05) is 0 Å². The predicted molar refractivity (Wildman–Crippen MR) is 114 cm³/mol. The van der Waals surface area contributed by atoms with Crippen molar-refractivity contribution in [2.24, 2.45) is 5.92 Å². The molecule has 29 heavy (non-hydrogen) atoms. The lowest BCUT2D eigenvalue weighted by Gasteiger charge is -2.25. The predicted octanol–water partition coefficient (Wildman–Crippen LogP) is 2.17. The van der Waals surface area contributed by atoms with Crippen molar-refractivity contribution in [2.75, 3.05) is 18.8 Å². The van der Waals surface area contributed by atoms with Crippen LogP contribution in [0.4, 0.5) is 5.95 Å². The summed E-state index contributed by atoms with van der Waals surface area (Å²) in [5.41, 5.74) is 11.2. The molecule has 1 aliphatic heterocycles. The lowest BCUT2D eigenvalue weighted by atomic mass is 9.91. The number of nitrogens with two attached hydrogens (primary N) is 1. The van der Waals surface area contributed by atoms with Gasteiger partial charge in [0.15, 0.2) is 11.0 Å². The van der Waals surface area contributed by atoms with Crippen LogP contribution < -0.4 is 5.73 Å². The molecule has 1 saturated heterocycles. The molecular formula is C21H31N5O2S. The first kappa shape index (κ1) is 20.5. The molecule has 1 aromatic carbocycles. The quantitative estimate of drug-likeness (QED) is 0.709. The molecule has 2 aliphatic carbocycles. The minimum atomic E-state index is -1.38. The molecule has 7 nitrogen and oxygen atoms in total. The van der Waals surface area contributed by atoms with Gasteiger partial charge in [-0.05, 0) is 81.0 Å². The van der Waals surface area contributed by atoms with E-state index in [1.54, 1.807) is 40.4 Å². The molecule has 2 heterocycles. The Labute approximate surface area is 174 Å². The SMILES string of the molecule is CC(C)(O)[C@H]1CCN(S(=O)c2nc(N)n[nH]2)C1.c1c2c(cc3c1CCC3)CCC2. The molecule has 0 spiro atoms. The smallest absolute Gasteiger partial charge is 0.240 e. The number of nitrogens with one attached hydrogen (secondary N) is 1. The normalized spacial score (nSPS) is 22.1. The van der Waals surface area contributed by atoms with Crippen LogP contribution in [0, 0.1) is 5.92 Å². The molecule has 4 N–H and O–H groups in total. The second kappa shape index (κ2) is 8.16. The van der Waals surface area contributed by atoms with Gasteiger partial charge in [0.2, 0.25) is 11.1 Å². The first-order valence-corrected chi connectivity index (χ1v) is 11.6. The zero-order chi connectivity index (χ0) is 20.6. The molecule has 2 aromatic rings. The molecule has 5 rings (SSSR count). The van der Waals surface area contributed by atoms with Crippen LogP contribution in [0.1, 0.15) is 55.4 Å². The van der Waals surface area contributed by atoms with Crippen LogP contribution in [0.2, 0.25) is 0 Å². The molecule has 158 valence electrons. The summed E-state index contributed by atoms with van der Waals surface area (Å²) in [6, 6.07) is 4.95. The van der Waals surface area contributed by atoms with Crippen LogP contribution in [-0.4, -0.2) is 47.5 Å². The van der Waals surface area contributed by atoms with Crippen molar-refractivity contribution in [3.8, 4) is 0 Å². The summed E-state index contributed by atoms with van der Waals surface area (Å²) in [6.45, 7) is 4.80. The van der Waals surface area contributed by atoms with Crippen molar-refractivity contribution < 1.29 is 9.32 Å². The topological polar surface area (TPSA) is 108 Å². The van der Waals surface area contributed by atoms with Gasteiger partial charge < -0.3 is 10.8 Å². The maximum atomic E-state index is 12.1. The van der Waals surface area contributed by atoms with E-state index in [-0.39, 0.29) is 17.0 Å². The summed E-state index contributed by atoms with van der Waals surface area (Å²) in [4.78, 5) is 3.85. The number of fused-ring (bicyclic) bond motifs is 2. The Hall–Kier alpha value is -1.77. The number of benzene rings is 1. The van der Waals surface area contributed by atoms with E-state index >= 15 is 0 Å². The zero-order valence-corrected chi connectivity index (χ0v) is 18.1. The number of aryl methyl sites for hydroxylation is 4. The molecular weight excluding hydrogens is 386 g/mol. The molecule has 0 amide bonds. The van der Waals surface area contributed by atoms with Crippen molar-refractivity contribution in [1.82, 2.24) is 19.5 Å². The van der Waals surface area contributed by atoms with Crippen molar-refractivity contribution in [3.63, 3.8) is 0 Å². The number of aromatic nitrogens is 3. The van der Waals surface area contributed by atoms with Crippen molar-refractivity contribution in [2.45, 2.75) is 69.6 Å². The highest BCUT2D eigenvalue weighted by Gasteiger charge is 2.36. The standard InChI is InChI=1S/C12H14.C9H17N5O2S/c1-3-9-7-11-5-2-6-12(11)8-10(9)4-1;1-9(2,15)6-3-4-14(5-6)17(16)8-11-7(10)12-13-8/h7-8H,1-6H2;6,15H,3-5H2,1-2H3,(H3,10,11,12,13)/t;6-,17?/m.0/s1. The lowest BCUT2D eigenvalue weighted by molar-refractivity contribution is 0.0237. The maximum absolute atomic E-state index is 12.1. The Morgan fingerprint density at radius 3 is 2.10 bits per heavy atom. The van der Waals surface area contributed by atoms with Gasteiger partial charge in [-0.25, -0.2) is 13.6 Å². The lowest BCUT2D eigenvalue weighted by Crippen LogP contribution is -2.34. The average molecular weight is 418 g/mol. The van der Waals surface area contributed by atoms with Gasteiger partial charge in [0.1, 0.15) is 0 Å². The number of H-pyrrole nitrogens is 1. The highest BCUT2D eigenvalue weighted by atomic mass is 32.2. The van der Waals surface area contributed by atoms with Crippen LogP contribution in [0.3, 0.4) is 0 Å². The number of aromatic amines is 1. The molecule has 0 saturated carbocycles. The van der Waals surface area contributed by atoms with Crippen LogP contribution in [0.5, 0.6) is 0 Å². The second-order valence-electron chi connectivity index (χ2n) is 8.87. The summed E-state index contributed by atoms with van der Waals surface area (Å²) in [5, 5.41) is 16.4. The number of nitrogens with zero attached hydrogens (tertiary/aromatic N) is 3. The van der Waals surface area contributed by atoms with E-state index in [0.717, 1.165) is 6.42 Å². The highest BCUT2D eigenvalue weighted by Crippen LogP contribution is 2.30. The van der Waals surface area contributed by atoms with Gasteiger partial charge in [0.05, 0.1) is 5.60 Å². The van der Waals surface area contributed by atoms with Gasteiger partial charge in [-0.1, -0.05) is 12.1 Å². The number of nitrogen functional groups attached to an aromatic ring is 1. The van der Waals surface area contributed by atoms with E-state index < -0.39 is 16.6 Å². The zero-order valence-electron chi connectivity index (χ0n) is 17.3. The Kier molecular flexibility index (Phi) is 5.77. The Morgan fingerprint density at radius 2 is 1.69 bits per heavy atom. The monoisotopic (exact) mass is 417 g/mol. The van der Waals surface area contributed by atoms with Gasteiger partial charge >= 0.3 is 0 Å². The van der Waals surface area contributed by atoms with E-state index in [2.05, 4.69) is 27.3 Å². The van der Waals surface area contributed by atoms with E-state index in [1.165, 1.54) is 38.5 Å². The van der Waals surface area contributed by atoms with Crippen molar-refractivity contribution >= 4 is 16.9 Å². The number of anilines is 1. The van der Waals surface area contributed by atoms with Gasteiger partial charge in [-0.15, -0.1) is 5.10 Å². The minimum Gasteiger partial charge on any atom is -0.390 e. The van der Waals surface area contributed by atoms with E-state index in [4.69, 9.17) is 5.73 Å². The maximum Gasteiger partial charge on any atom is 0.240 e. The number of aliphatic hydroxyl groups is 1. The molecule has 1 unspecified atom stereocenters. The fourth-order valence-electron chi connectivity index (χ4n) is 4.58. The fourth-order valence-corrected chi connectivity index (χ4v) is 5.70. The van der Waals surface area contributed by atoms with Crippen LogP contribution >= 0.6 is 0 Å². The van der Waals surface area contributed by atoms with Gasteiger partial charge in [-0.3, -0.25) is 0 Å². The van der Waals surface area contributed by atoms with Crippen molar-refractivity contribution in [3.05, 3.63) is 34.4 Å². The molecule has 2 atom stereocenters. The van der Waals surface area contributed by atoms with Crippen molar-refractivity contribution in [1.29, 1.82) is 0 Å². The van der Waals surface area contributed by atoms with Crippen LogP contribution in [-0.2, 0) is 36.7 Å². The van der Waals surface area contributed by atoms with Gasteiger partial charge in [-0.2, -0.15) is 4.98 Å². The summed E-state index contributed by atoms with van der Waals surface area (Å²) in [7, 11) is -1.38. The third-order valence-corrected chi connectivity index (χ3v) is 7.65. The Bertz CT molecular complexity index is 845. The van der Waals surface area contributed by atoms with Crippen LogP contribution in [0.25, 0.3) is 0 Å². The summed E-state index contributed by atoms with van der Waals surface area (Å²) in [5.74, 6) is 0.207. The molecule has 3 aliphatic rings. The summed E-state index contributed by atoms with van der Waals surface area (Å²) >= 11 is 0. The Morgan fingerprint density at radius 1 is 1.14 bits per heavy atom. The first-order valence-electron chi connectivity index (χ1n) is 10.5. The van der Waals surface area contributed by atoms with Gasteiger partial charge in [0, 0.05) is 19.0 Å². The summed E-state index contributed by atoms with van der Waals surface area (Å²) in [6.07, 6.45) is 8.94. The van der Waals surface area contributed by atoms with E-state index in [9.17, 15) is 9.32 Å². The number of hydrogen-bond acceptors (Lipinski definition) is 5. The second-order valence-corrected chi connectivity index (χ2v) is 10.3. The highest BCUT2D eigenvalue weighted by molar-refractivity contribution is 7.82. The third kappa shape index (κ3) is 4.54. The molecule has 0 bridgehead atoms. The number of rotatable bonds is 3. The van der Waals surface area contributed by atoms with Gasteiger partial charge in [0.25, 0.3) is 0 Å². The van der Waals surface area contributed by atoms with E-state index in [0.29, 0.717) is 13.1 Å². The fraction of sp³-hybridized carbons (Fsp3) is 0.619. The van der Waals surface area contributed by atoms with Crippen LogP contribution in [0.15, 0.2) is 17.3 Å². The number of hydrogen-bond donors (Lipinski definition) is 3. The largest absolute Gasteiger partial charge is 0.390 e.